The number of aromatic nitrogens is 2. The SMILES string of the molecule is CN=C(NCC(c1cnn(C)c1)N(C)C)NC(C)COC. The zero-order valence-electron chi connectivity index (χ0n) is 13.9. The van der Waals surface area contributed by atoms with Crippen LogP contribution in [-0.2, 0) is 11.8 Å². The van der Waals surface area contributed by atoms with E-state index < -0.39 is 0 Å². The number of nitrogens with zero attached hydrogens (tertiary/aromatic N) is 4. The molecule has 0 aromatic carbocycles. The lowest BCUT2D eigenvalue weighted by Gasteiger charge is -2.25. The van der Waals surface area contributed by atoms with Gasteiger partial charge in [-0.1, -0.05) is 0 Å². The molecule has 0 radical (unpaired) electrons. The average Bonchev–Trinajstić information content (AvgIpc) is 2.84. The number of hydrogen-bond donors (Lipinski definition) is 2. The molecule has 120 valence electrons. The lowest BCUT2D eigenvalue weighted by Crippen LogP contribution is -2.46. The van der Waals surface area contributed by atoms with Gasteiger partial charge in [-0.15, -0.1) is 0 Å². The molecule has 7 heteroatoms. The maximum absolute atomic E-state index is 5.12. The first kappa shape index (κ1) is 17.5. The van der Waals surface area contributed by atoms with E-state index in [1.807, 2.05) is 24.1 Å². The quantitative estimate of drug-likeness (QED) is 0.557. The lowest BCUT2D eigenvalue weighted by atomic mass is 10.1. The van der Waals surface area contributed by atoms with Crippen molar-refractivity contribution in [3.8, 4) is 0 Å². The Hall–Kier alpha value is -1.60. The number of methoxy groups -OCH3 is 1. The maximum Gasteiger partial charge on any atom is 0.191 e. The number of nitrogens with one attached hydrogen (secondary N) is 2. The summed E-state index contributed by atoms with van der Waals surface area (Å²) in [6, 6.07) is 0.437. The minimum atomic E-state index is 0.206. The standard InChI is InChI=1S/C14H28N6O/c1-11(10-21-6)18-14(15-2)16-8-13(19(3)4)12-7-17-20(5)9-12/h7,9,11,13H,8,10H2,1-6H3,(H2,15,16,18). The molecule has 0 aliphatic rings. The molecule has 2 unspecified atom stereocenters. The van der Waals surface area contributed by atoms with E-state index in [2.05, 4.69) is 46.6 Å². The van der Waals surface area contributed by atoms with E-state index in [0.29, 0.717) is 6.61 Å². The highest BCUT2D eigenvalue weighted by Crippen LogP contribution is 2.15. The fourth-order valence-corrected chi connectivity index (χ4v) is 2.12. The predicted molar refractivity (Wildman–Crippen MR) is 85.5 cm³/mol. The molecule has 0 saturated carbocycles. The van der Waals surface area contributed by atoms with Crippen LogP contribution in [0.3, 0.4) is 0 Å². The van der Waals surface area contributed by atoms with Crippen molar-refractivity contribution in [3.63, 3.8) is 0 Å². The van der Waals surface area contributed by atoms with Gasteiger partial charge in [0.25, 0.3) is 0 Å². The summed E-state index contributed by atoms with van der Waals surface area (Å²) >= 11 is 0. The van der Waals surface area contributed by atoms with Crippen molar-refractivity contribution in [2.24, 2.45) is 12.0 Å². The monoisotopic (exact) mass is 296 g/mol. The molecule has 21 heavy (non-hydrogen) atoms. The largest absolute Gasteiger partial charge is 0.383 e. The highest BCUT2D eigenvalue weighted by molar-refractivity contribution is 5.79. The number of rotatable bonds is 7. The third-order valence-corrected chi connectivity index (χ3v) is 3.22. The number of likely N-dealkylation sites (N-methyl/N-ethyl adjacent to an activating group) is 1. The van der Waals surface area contributed by atoms with Crippen LogP contribution < -0.4 is 10.6 Å². The van der Waals surface area contributed by atoms with E-state index in [0.717, 1.165) is 12.5 Å². The summed E-state index contributed by atoms with van der Waals surface area (Å²) in [5.41, 5.74) is 1.18. The summed E-state index contributed by atoms with van der Waals surface area (Å²) in [4.78, 5) is 6.40. The maximum atomic E-state index is 5.12. The summed E-state index contributed by atoms with van der Waals surface area (Å²) in [6.45, 7) is 3.44. The molecule has 1 aromatic rings. The fraction of sp³-hybridized carbons (Fsp3) is 0.714. The van der Waals surface area contributed by atoms with Gasteiger partial charge in [0.05, 0.1) is 18.8 Å². The second-order valence-electron chi connectivity index (χ2n) is 5.38. The van der Waals surface area contributed by atoms with Gasteiger partial charge in [-0.2, -0.15) is 5.10 Å². The molecule has 0 aliphatic heterocycles. The van der Waals surface area contributed by atoms with Crippen molar-refractivity contribution in [3.05, 3.63) is 18.0 Å². The third kappa shape index (κ3) is 5.73. The summed E-state index contributed by atoms with van der Waals surface area (Å²) in [6.07, 6.45) is 3.94. The first-order valence-corrected chi connectivity index (χ1v) is 7.09. The van der Waals surface area contributed by atoms with Crippen LogP contribution in [0.5, 0.6) is 0 Å². The second-order valence-corrected chi connectivity index (χ2v) is 5.38. The molecule has 0 bridgehead atoms. The van der Waals surface area contributed by atoms with Crippen molar-refractivity contribution < 1.29 is 4.74 Å². The van der Waals surface area contributed by atoms with E-state index in [1.165, 1.54) is 5.56 Å². The number of aliphatic imine (C=N–C) groups is 1. The molecule has 0 fully saturated rings. The second kappa shape index (κ2) is 8.63. The van der Waals surface area contributed by atoms with E-state index in [-0.39, 0.29) is 12.1 Å². The molecule has 0 aliphatic carbocycles. The van der Waals surface area contributed by atoms with E-state index in [9.17, 15) is 0 Å². The van der Waals surface area contributed by atoms with Crippen LogP contribution in [0, 0.1) is 0 Å². The Bertz CT molecular complexity index is 442. The lowest BCUT2D eigenvalue weighted by molar-refractivity contribution is 0.179. The van der Waals surface area contributed by atoms with E-state index in [4.69, 9.17) is 4.74 Å². The minimum Gasteiger partial charge on any atom is -0.383 e. The van der Waals surface area contributed by atoms with Crippen LogP contribution in [0.25, 0.3) is 0 Å². The third-order valence-electron chi connectivity index (χ3n) is 3.22. The van der Waals surface area contributed by atoms with Crippen LogP contribution in [-0.4, -0.2) is 68.1 Å². The molecule has 1 aromatic heterocycles. The van der Waals surface area contributed by atoms with Gasteiger partial charge in [0, 0.05) is 45.6 Å². The topological polar surface area (TPSA) is 66.7 Å². The van der Waals surface area contributed by atoms with Crippen molar-refractivity contribution in [1.82, 2.24) is 25.3 Å². The summed E-state index contributed by atoms with van der Waals surface area (Å²) in [5, 5.41) is 10.9. The average molecular weight is 296 g/mol. The molecular weight excluding hydrogens is 268 g/mol. The van der Waals surface area contributed by atoms with E-state index >= 15 is 0 Å². The Labute approximate surface area is 127 Å². The van der Waals surface area contributed by atoms with Crippen molar-refractivity contribution >= 4 is 5.96 Å². The molecule has 2 N–H and O–H groups in total. The van der Waals surface area contributed by atoms with Gasteiger partial charge in [0.2, 0.25) is 0 Å². The number of ether oxygens (including phenoxy) is 1. The molecule has 1 rings (SSSR count). The zero-order chi connectivity index (χ0) is 15.8. The van der Waals surface area contributed by atoms with Crippen molar-refractivity contribution in [2.75, 3.05) is 41.4 Å². The summed E-state index contributed by atoms with van der Waals surface area (Å²) in [7, 11) is 9.51. The predicted octanol–water partition coefficient (Wildman–Crippen LogP) is 0.223. The summed E-state index contributed by atoms with van der Waals surface area (Å²) < 4.78 is 6.94. The highest BCUT2D eigenvalue weighted by Gasteiger charge is 2.16. The van der Waals surface area contributed by atoms with Crippen LogP contribution >= 0.6 is 0 Å². The smallest absolute Gasteiger partial charge is 0.191 e. The number of hydrogen-bond acceptors (Lipinski definition) is 4. The van der Waals surface area contributed by atoms with Gasteiger partial charge in [-0.05, 0) is 21.0 Å². The normalized spacial score (nSPS) is 15.1. The van der Waals surface area contributed by atoms with Crippen LogP contribution in [0.4, 0.5) is 0 Å². The van der Waals surface area contributed by atoms with Gasteiger partial charge >= 0.3 is 0 Å². The van der Waals surface area contributed by atoms with Crippen LogP contribution in [0.15, 0.2) is 17.4 Å². The Morgan fingerprint density at radius 3 is 2.71 bits per heavy atom. The zero-order valence-corrected chi connectivity index (χ0v) is 13.9. The van der Waals surface area contributed by atoms with Gasteiger partial charge in [-0.3, -0.25) is 9.67 Å². The Kier molecular flexibility index (Phi) is 7.18. The van der Waals surface area contributed by atoms with Gasteiger partial charge in [0.1, 0.15) is 0 Å². The molecule has 2 atom stereocenters. The molecule has 0 amide bonds. The number of aryl methyl sites for hydroxylation is 1. The molecule has 0 spiro atoms. The first-order valence-electron chi connectivity index (χ1n) is 7.09. The molecular formula is C14H28N6O. The Balaban J connectivity index is 2.60. The Morgan fingerprint density at radius 1 is 1.52 bits per heavy atom. The van der Waals surface area contributed by atoms with Gasteiger partial charge < -0.3 is 20.3 Å². The van der Waals surface area contributed by atoms with Crippen LogP contribution in [0.1, 0.15) is 18.5 Å². The highest BCUT2D eigenvalue weighted by atomic mass is 16.5. The van der Waals surface area contributed by atoms with E-state index in [1.54, 1.807) is 14.2 Å². The minimum absolute atomic E-state index is 0.206. The number of guanidine groups is 1. The van der Waals surface area contributed by atoms with Crippen molar-refractivity contribution in [1.29, 1.82) is 0 Å². The van der Waals surface area contributed by atoms with Crippen LogP contribution in [0.2, 0.25) is 0 Å². The van der Waals surface area contributed by atoms with Gasteiger partial charge in [-0.25, -0.2) is 0 Å². The summed E-state index contributed by atoms with van der Waals surface area (Å²) in [5.74, 6) is 0.773. The first-order chi connectivity index (χ1) is 9.97. The van der Waals surface area contributed by atoms with Crippen molar-refractivity contribution in [2.45, 2.75) is 19.0 Å². The molecule has 1 heterocycles. The molecule has 7 nitrogen and oxygen atoms in total. The fourth-order valence-electron chi connectivity index (χ4n) is 2.12. The Morgan fingerprint density at radius 2 is 2.24 bits per heavy atom. The van der Waals surface area contributed by atoms with Gasteiger partial charge in [0.15, 0.2) is 5.96 Å². The molecule has 0 saturated heterocycles.